The van der Waals surface area contributed by atoms with Gasteiger partial charge in [0.05, 0.1) is 12.5 Å². The summed E-state index contributed by atoms with van der Waals surface area (Å²) in [6.07, 6.45) is -2.31. The molecular formula is C12H21F3N2O. The molecule has 0 aromatic carbocycles. The van der Waals surface area contributed by atoms with Gasteiger partial charge in [-0.1, -0.05) is 0 Å². The van der Waals surface area contributed by atoms with Crippen molar-refractivity contribution in [1.82, 2.24) is 10.2 Å². The van der Waals surface area contributed by atoms with E-state index in [1.54, 1.807) is 0 Å². The largest absolute Gasteiger partial charge is 0.393 e. The van der Waals surface area contributed by atoms with Crippen molar-refractivity contribution in [3.8, 4) is 0 Å². The number of ether oxygens (including phenoxy) is 1. The molecule has 0 aromatic heterocycles. The Bertz CT molecular complexity index is 273. The lowest BCUT2D eigenvalue weighted by Gasteiger charge is -2.43. The lowest BCUT2D eigenvalue weighted by molar-refractivity contribution is -0.191. The zero-order valence-corrected chi connectivity index (χ0v) is 10.7. The summed E-state index contributed by atoms with van der Waals surface area (Å²) >= 11 is 0. The molecule has 0 spiro atoms. The first kappa shape index (κ1) is 14.1. The van der Waals surface area contributed by atoms with Crippen LogP contribution in [0.5, 0.6) is 0 Å². The average Bonchev–Trinajstić information content (AvgIpc) is 2.38. The van der Waals surface area contributed by atoms with Gasteiger partial charge < -0.3 is 10.1 Å². The molecule has 0 radical (unpaired) electrons. The maximum absolute atomic E-state index is 12.8. The highest BCUT2D eigenvalue weighted by atomic mass is 19.4. The number of piperidine rings is 1. The third-order valence-corrected chi connectivity index (χ3v) is 4.08. The molecule has 3 nitrogen and oxygen atoms in total. The van der Waals surface area contributed by atoms with Crippen molar-refractivity contribution in [3.63, 3.8) is 0 Å². The molecule has 1 N–H and O–H groups in total. The van der Waals surface area contributed by atoms with Crippen LogP contribution in [0.2, 0.25) is 0 Å². The van der Waals surface area contributed by atoms with Crippen molar-refractivity contribution >= 4 is 0 Å². The second kappa shape index (κ2) is 5.75. The minimum absolute atomic E-state index is 0.0777. The van der Waals surface area contributed by atoms with E-state index in [-0.39, 0.29) is 25.0 Å². The smallest absolute Gasteiger partial charge is 0.380 e. The van der Waals surface area contributed by atoms with Gasteiger partial charge in [-0.15, -0.1) is 0 Å². The third-order valence-electron chi connectivity index (χ3n) is 4.08. The Labute approximate surface area is 106 Å². The summed E-state index contributed by atoms with van der Waals surface area (Å²) in [5, 5.41) is 3.20. The quantitative estimate of drug-likeness (QED) is 0.822. The molecule has 0 bridgehead atoms. The van der Waals surface area contributed by atoms with Crippen molar-refractivity contribution in [1.29, 1.82) is 0 Å². The molecule has 0 aliphatic carbocycles. The molecule has 106 valence electrons. The van der Waals surface area contributed by atoms with Crippen LogP contribution in [0.15, 0.2) is 0 Å². The number of alkyl halides is 3. The van der Waals surface area contributed by atoms with Gasteiger partial charge in [-0.05, 0) is 32.9 Å². The van der Waals surface area contributed by atoms with Crippen LogP contribution in [0, 0.1) is 5.92 Å². The van der Waals surface area contributed by atoms with Gasteiger partial charge in [0, 0.05) is 25.2 Å². The van der Waals surface area contributed by atoms with Gasteiger partial charge in [0.2, 0.25) is 0 Å². The van der Waals surface area contributed by atoms with Gasteiger partial charge >= 0.3 is 6.18 Å². The Morgan fingerprint density at radius 2 is 2.06 bits per heavy atom. The topological polar surface area (TPSA) is 24.5 Å². The Morgan fingerprint density at radius 3 is 2.72 bits per heavy atom. The number of likely N-dealkylation sites (tertiary alicyclic amines) is 1. The Hall–Kier alpha value is -0.330. The summed E-state index contributed by atoms with van der Waals surface area (Å²) in [5.74, 6) is -1.18. The van der Waals surface area contributed by atoms with E-state index < -0.39 is 12.1 Å². The normalized spacial score (nSPS) is 35.7. The third kappa shape index (κ3) is 3.16. The zero-order valence-electron chi connectivity index (χ0n) is 10.7. The summed E-state index contributed by atoms with van der Waals surface area (Å²) in [6.45, 7) is 2.10. The fourth-order valence-electron chi connectivity index (χ4n) is 2.99. The summed E-state index contributed by atoms with van der Waals surface area (Å²) in [6, 6.07) is 0.319. The highest BCUT2D eigenvalue weighted by molar-refractivity contribution is 4.90. The van der Waals surface area contributed by atoms with E-state index in [4.69, 9.17) is 4.74 Å². The number of hydrogen-bond acceptors (Lipinski definition) is 3. The van der Waals surface area contributed by atoms with Crippen molar-refractivity contribution in [2.24, 2.45) is 5.92 Å². The first-order valence-electron chi connectivity index (χ1n) is 6.58. The number of rotatable bonds is 2. The van der Waals surface area contributed by atoms with Crippen LogP contribution in [0.3, 0.4) is 0 Å². The highest BCUT2D eigenvalue weighted by Gasteiger charge is 2.44. The SMILES string of the molecule is CNC1CCOCC1N1CCCC(C(F)(F)F)C1. The van der Waals surface area contributed by atoms with E-state index in [9.17, 15) is 13.2 Å². The maximum atomic E-state index is 12.8. The molecule has 2 rings (SSSR count). The van der Waals surface area contributed by atoms with E-state index in [1.807, 2.05) is 11.9 Å². The summed E-state index contributed by atoms with van der Waals surface area (Å²) in [7, 11) is 1.87. The van der Waals surface area contributed by atoms with Gasteiger partial charge in [0.1, 0.15) is 0 Å². The monoisotopic (exact) mass is 266 g/mol. The molecule has 2 heterocycles. The van der Waals surface area contributed by atoms with E-state index in [1.165, 1.54) is 0 Å². The van der Waals surface area contributed by atoms with Crippen LogP contribution in [-0.4, -0.2) is 56.5 Å². The first-order valence-corrected chi connectivity index (χ1v) is 6.58. The van der Waals surface area contributed by atoms with Crippen molar-refractivity contribution in [3.05, 3.63) is 0 Å². The van der Waals surface area contributed by atoms with Crippen LogP contribution in [0.4, 0.5) is 13.2 Å². The van der Waals surface area contributed by atoms with Gasteiger partial charge in [-0.25, -0.2) is 0 Å². The van der Waals surface area contributed by atoms with Crippen molar-refractivity contribution in [2.45, 2.75) is 37.5 Å². The predicted octanol–water partition coefficient (Wildman–Crippen LogP) is 1.64. The van der Waals surface area contributed by atoms with E-state index in [2.05, 4.69) is 5.32 Å². The van der Waals surface area contributed by atoms with Crippen molar-refractivity contribution < 1.29 is 17.9 Å². The van der Waals surface area contributed by atoms with Crippen molar-refractivity contribution in [2.75, 3.05) is 33.4 Å². The first-order chi connectivity index (χ1) is 8.52. The minimum atomic E-state index is -4.07. The fraction of sp³-hybridized carbons (Fsp3) is 1.00. The number of nitrogens with zero attached hydrogens (tertiary/aromatic N) is 1. The number of halogens is 3. The Morgan fingerprint density at radius 1 is 1.28 bits per heavy atom. The van der Waals surface area contributed by atoms with Gasteiger partial charge in [0.25, 0.3) is 0 Å². The average molecular weight is 266 g/mol. The lowest BCUT2D eigenvalue weighted by atomic mass is 9.93. The Balaban J connectivity index is 1.99. The molecule has 0 saturated carbocycles. The molecule has 0 amide bonds. The standard InChI is InChI=1S/C12H21F3N2O/c1-16-10-4-6-18-8-11(10)17-5-2-3-9(7-17)12(13,14)15/h9-11,16H,2-8H2,1H3. The van der Waals surface area contributed by atoms with Gasteiger partial charge in [-0.3, -0.25) is 4.90 Å². The maximum Gasteiger partial charge on any atom is 0.393 e. The molecule has 2 saturated heterocycles. The molecule has 2 aliphatic rings. The summed E-state index contributed by atoms with van der Waals surface area (Å²) in [4.78, 5) is 1.96. The van der Waals surface area contributed by atoms with Crippen LogP contribution >= 0.6 is 0 Å². The van der Waals surface area contributed by atoms with Gasteiger partial charge in [-0.2, -0.15) is 13.2 Å². The second-order valence-corrected chi connectivity index (χ2v) is 5.20. The molecular weight excluding hydrogens is 245 g/mol. The molecule has 18 heavy (non-hydrogen) atoms. The second-order valence-electron chi connectivity index (χ2n) is 5.20. The van der Waals surface area contributed by atoms with E-state index in [0.717, 1.165) is 13.0 Å². The molecule has 6 heteroatoms. The number of likely N-dealkylation sites (N-methyl/N-ethyl adjacent to an activating group) is 1. The van der Waals surface area contributed by atoms with Crippen LogP contribution in [0.1, 0.15) is 19.3 Å². The fourth-order valence-corrected chi connectivity index (χ4v) is 2.99. The van der Waals surface area contributed by atoms with Crippen LogP contribution in [0.25, 0.3) is 0 Å². The van der Waals surface area contributed by atoms with E-state index in [0.29, 0.717) is 19.6 Å². The van der Waals surface area contributed by atoms with E-state index >= 15 is 0 Å². The predicted molar refractivity (Wildman–Crippen MR) is 62.4 cm³/mol. The molecule has 0 aromatic rings. The Kier molecular flexibility index (Phi) is 4.50. The molecule has 3 atom stereocenters. The summed E-state index contributed by atoms with van der Waals surface area (Å²) in [5.41, 5.74) is 0. The number of nitrogens with one attached hydrogen (secondary N) is 1. The van der Waals surface area contributed by atoms with Crippen LogP contribution in [-0.2, 0) is 4.74 Å². The number of hydrogen-bond donors (Lipinski definition) is 1. The molecule has 2 aliphatic heterocycles. The van der Waals surface area contributed by atoms with Crippen LogP contribution < -0.4 is 5.32 Å². The highest BCUT2D eigenvalue weighted by Crippen LogP contribution is 2.34. The minimum Gasteiger partial charge on any atom is -0.380 e. The lowest BCUT2D eigenvalue weighted by Crippen LogP contribution is -2.57. The molecule has 3 unspecified atom stereocenters. The zero-order chi connectivity index (χ0) is 13.2. The summed E-state index contributed by atoms with van der Waals surface area (Å²) < 4.78 is 43.8. The van der Waals surface area contributed by atoms with Gasteiger partial charge in [0.15, 0.2) is 0 Å². The molecule has 2 fully saturated rings.